The maximum atomic E-state index is 10.3. The van der Waals surface area contributed by atoms with E-state index in [0.717, 1.165) is 25.9 Å². The first-order valence-electron chi connectivity index (χ1n) is 10.2. The molecule has 0 aliphatic carbocycles. The van der Waals surface area contributed by atoms with E-state index in [-0.39, 0.29) is 0 Å². The molecular weight excluding hydrogens is 300 g/mol. The Hall–Kier alpha value is -1.06. The van der Waals surface area contributed by atoms with Gasteiger partial charge in [-0.25, -0.2) is 0 Å². The summed E-state index contributed by atoms with van der Waals surface area (Å²) in [7, 11) is 0. The van der Waals surface area contributed by atoms with Gasteiger partial charge in [-0.05, 0) is 6.42 Å². The molecule has 4 heteroatoms. The van der Waals surface area contributed by atoms with Gasteiger partial charge in [0.05, 0.1) is 12.9 Å². The van der Waals surface area contributed by atoms with E-state index in [1.807, 2.05) is 0 Å². The molecule has 1 aliphatic rings. The number of carbonyl (C=O) groups is 1. The minimum Gasteiger partial charge on any atom is -0.481 e. The fourth-order valence-corrected chi connectivity index (χ4v) is 2.79. The van der Waals surface area contributed by atoms with Crippen LogP contribution in [-0.2, 0) is 4.79 Å². The lowest BCUT2D eigenvalue weighted by molar-refractivity contribution is -0.137. The zero-order chi connectivity index (χ0) is 17.7. The van der Waals surface area contributed by atoms with Crippen LogP contribution >= 0.6 is 0 Å². The van der Waals surface area contributed by atoms with E-state index in [0.29, 0.717) is 6.42 Å². The zero-order valence-electron chi connectivity index (χ0n) is 15.9. The molecule has 2 N–H and O–H groups in total. The van der Waals surface area contributed by atoms with Crippen LogP contribution in [0.15, 0.2) is 4.99 Å². The van der Waals surface area contributed by atoms with Crippen molar-refractivity contribution in [1.82, 2.24) is 5.32 Å². The molecule has 0 spiro atoms. The van der Waals surface area contributed by atoms with Crippen LogP contribution < -0.4 is 5.32 Å². The second-order valence-corrected chi connectivity index (χ2v) is 6.73. The summed E-state index contributed by atoms with van der Waals surface area (Å²) in [4.78, 5) is 14.2. The number of hydrogen-bond donors (Lipinski definition) is 2. The minimum absolute atomic E-state index is 0.345. The lowest BCUT2D eigenvalue weighted by Gasteiger charge is -2.02. The van der Waals surface area contributed by atoms with Gasteiger partial charge in [-0.3, -0.25) is 9.79 Å². The molecule has 1 heterocycles. The summed E-state index contributed by atoms with van der Waals surface area (Å²) < 4.78 is 0. The maximum absolute atomic E-state index is 10.3. The van der Waals surface area contributed by atoms with Crippen molar-refractivity contribution in [2.45, 2.75) is 103 Å². The molecule has 0 saturated carbocycles. The minimum atomic E-state index is -0.654. The van der Waals surface area contributed by atoms with E-state index < -0.39 is 5.97 Å². The average Bonchev–Trinajstić information content (AvgIpc) is 3.15. The molecule has 0 radical (unpaired) electrons. The lowest BCUT2D eigenvalue weighted by atomic mass is 10.0. The quantitative estimate of drug-likeness (QED) is 0.384. The molecule has 0 atom stereocenters. The SMILES string of the molecule is C1=NCCN1.CCCCCCCCCCCCCCCCC(=O)O. The third kappa shape index (κ3) is 20.9. The van der Waals surface area contributed by atoms with E-state index in [1.165, 1.54) is 77.0 Å². The summed E-state index contributed by atoms with van der Waals surface area (Å²) in [5.41, 5.74) is 0. The highest BCUT2D eigenvalue weighted by molar-refractivity contribution is 5.66. The van der Waals surface area contributed by atoms with Gasteiger partial charge in [0.25, 0.3) is 0 Å². The zero-order valence-corrected chi connectivity index (χ0v) is 15.9. The molecule has 0 aromatic heterocycles. The Bertz CT molecular complexity index is 287. The van der Waals surface area contributed by atoms with Gasteiger partial charge in [0.2, 0.25) is 0 Å². The summed E-state index contributed by atoms with van der Waals surface area (Å²) in [5, 5.41) is 11.4. The molecule has 4 nitrogen and oxygen atoms in total. The van der Waals surface area contributed by atoms with Crippen molar-refractivity contribution in [2.75, 3.05) is 13.1 Å². The first-order valence-corrected chi connectivity index (χ1v) is 10.2. The van der Waals surface area contributed by atoms with Crippen molar-refractivity contribution in [2.24, 2.45) is 4.99 Å². The van der Waals surface area contributed by atoms with E-state index in [4.69, 9.17) is 5.11 Å². The number of aliphatic carboxylic acids is 1. The number of aliphatic imine (C=N–C) groups is 1. The van der Waals surface area contributed by atoms with Gasteiger partial charge < -0.3 is 10.4 Å². The van der Waals surface area contributed by atoms with Gasteiger partial charge in [-0.15, -0.1) is 0 Å². The molecule has 1 aliphatic heterocycles. The number of nitrogens with one attached hydrogen (secondary N) is 1. The monoisotopic (exact) mass is 340 g/mol. The Morgan fingerprint density at radius 1 is 0.875 bits per heavy atom. The van der Waals surface area contributed by atoms with Crippen molar-refractivity contribution in [3.8, 4) is 0 Å². The van der Waals surface area contributed by atoms with Crippen LogP contribution in [0.1, 0.15) is 103 Å². The Morgan fingerprint density at radius 3 is 1.62 bits per heavy atom. The van der Waals surface area contributed by atoms with Crippen molar-refractivity contribution < 1.29 is 9.90 Å². The number of rotatable bonds is 15. The van der Waals surface area contributed by atoms with Crippen LogP contribution in [0.4, 0.5) is 0 Å². The van der Waals surface area contributed by atoms with Crippen LogP contribution in [0.5, 0.6) is 0 Å². The smallest absolute Gasteiger partial charge is 0.303 e. The van der Waals surface area contributed by atoms with Crippen molar-refractivity contribution in [3.63, 3.8) is 0 Å². The maximum Gasteiger partial charge on any atom is 0.303 e. The van der Waals surface area contributed by atoms with Crippen molar-refractivity contribution in [3.05, 3.63) is 0 Å². The highest BCUT2D eigenvalue weighted by Gasteiger charge is 1.96. The molecule has 0 aromatic rings. The predicted molar refractivity (Wildman–Crippen MR) is 104 cm³/mol. The molecular formula is C20H40N2O2. The summed E-state index contributed by atoms with van der Waals surface area (Å²) in [6, 6.07) is 0. The number of carboxylic acid groups (broad SMARTS) is 1. The Kier molecular flexibility index (Phi) is 19.1. The van der Waals surface area contributed by atoms with Gasteiger partial charge in [0, 0.05) is 13.0 Å². The number of carboxylic acids is 1. The summed E-state index contributed by atoms with van der Waals surface area (Å²) in [6.45, 7) is 4.25. The van der Waals surface area contributed by atoms with E-state index in [2.05, 4.69) is 17.2 Å². The third-order valence-electron chi connectivity index (χ3n) is 4.31. The second kappa shape index (κ2) is 20.0. The van der Waals surface area contributed by atoms with E-state index in [9.17, 15) is 4.79 Å². The van der Waals surface area contributed by atoms with E-state index >= 15 is 0 Å². The Morgan fingerprint density at radius 2 is 1.33 bits per heavy atom. The number of hydrogen-bond acceptors (Lipinski definition) is 3. The van der Waals surface area contributed by atoms with Gasteiger partial charge in [0.15, 0.2) is 0 Å². The largest absolute Gasteiger partial charge is 0.481 e. The van der Waals surface area contributed by atoms with Crippen LogP contribution in [0.2, 0.25) is 0 Å². The normalized spacial score (nSPS) is 12.5. The summed E-state index contributed by atoms with van der Waals surface area (Å²) >= 11 is 0. The molecule has 0 bridgehead atoms. The second-order valence-electron chi connectivity index (χ2n) is 6.73. The lowest BCUT2D eigenvalue weighted by Crippen LogP contribution is -2.04. The fourth-order valence-electron chi connectivity index (χ4n) is 2.79. The van der Waals surface area contributed by atoms with Crippen molar-refractivity contribution >= 4 is 12.3 Å². The third-order valence-corrected chi connectivity index (χ3v) is 4.31. The highest BCUT2D eigenvalue weighted by atomic mass is 16.4. The summed E-state index contributed by atoms with van der Waals surface area (Å²) in [5.74, 6) is -0.654. The van der Waals surface area contributed by atoms with Crippen LogP contribution in [-0.4, -0.2) is 30.5 Å². The van der Waals surface area contributed by atoms with Gasteiger partial charge in [-0.1, -0.05) is 90.4 Å². The molecule has 1 rings (SSSR count). The molecule has 0 fully saturated rings. The van der Waals surface area contributed by atoms with E-state index in [1.54, 1.807) is 6.34 Å². The predicted octanol–water partition coefficient (Wildman–Crippen LogP) is 5.56. The average molecular weight is 341 g/mol. The number of unbranched alkanes of at least 4 members (excludes halogenated alkanes) is 13. The molecule has 0 unspecified atom stereocenters. The summed E-state index contributed by atoms with van der Waals surface area (Å²) in [6.07, 6.45) is 20.5. The van der Waals surface area contributed by atoms with Crippen LogP contribution in [0.3, 0.4) is 0 Å². The fraction of sp³-hybridized carbons (Fsp3) is 0.900. The van der Waals surface area contributed by atoms with Crippen molar-refractivity contribution in [1.29, 1.82) is 0 Å². The number of nitrogens with zero attached hydrogens (tertiary/aromatic N) is 1. The molecule has 24 heavy (non-hydrogen) atoms. The van der Waals surface area contributed by atoms with Gasteiger partial charge in [-0.2, -0.15) is 0 Å². The van der Waals surface area contributed by atoms with Crippen LogP contribution in [0.25, 0.3) is 0 Å². The topological polar surface area (TPSA) is 61.7 Å². The molecule has 142 valence electrons. The first-order chi connectivity index (χ1) is 11.8. The molecule has 0 aromatic carbocycles. The van der Waals surface area contributed by atoms with Gasteiger partial charge >= 0.3 is 5.97 Å². The Labute approximate surface area is 149 Å². The molecule has 0 saturated heterocycles. The Balaban J connectivity index is 0.000000889. The standard InChI is InChI=1S/C17H34O2.C3H6N2/c1-2-3-4-5-6-7-8-9-10-11-12-13-14-15-16-17(18)19;1-2-5-3-4-1/h2-16H2,1H3,(H,18,19);3H,1-2H2,(H,4,5). The molecule has 0 amide bonds. The highest BCUT2D eigenvalue weighted by Crippen LogP contribution is 2.13. The first kappa shape index (κ1) is 22.9. The van der Waals surface area contributed by atoms with Crippen LogP contribution in [0, 0.1) is 0 Å². The van der Waals surface area contributed by atoms with Gasteiger partial charge in [0.1, 0.15) is 0 Å².